The number of hydrogen-bond acceptors (Lipinski definition) is 4. The molecule has 0 unspecified atom stereocenters. The van der Waals surface area contributed by atoms with Crippen molar-refractivity contribution >= 4 is 17.1 Å². The van der Waals surface area contributed by atoms with Gasteiger partial charge in [-0.05, 0) is 44.6 Å². The number of imidazole rings is 1. The summed E-state index contributed by atoms with van der Waals surface area (Å²) in [5, 5.41) is 0. The van der Waals surface area contributed by atoms with E-state index < -0.39 is 0 Å². The van der Waals surface area contributed by atoms with Crippen molar-refractivity contribution in [2.75, 3.05) is 18.0 Å². The normalized spacial score (nSPS) is 15.9. The monoisotopic (exact) mass is 463 g/mol. The molecule has 0 bridgehead atoms. The van der Waals surface area contributed by atoms with Gasteiger partial charge < -0.3 is 4.90 Å². The highest BCUT2D eigenvalue weighted by Gasteiger charge is 2.24. The van der Waals surface area contributed by atoms with Crippen LogP contribution in [-0.4, -0.2) is 31.8 Å². The average Bonchev–Trinajstić information content (AvgIpc) is 3.03. The van der Waals surface area contributed by atoms with Gasteiger partial charge in [0.25, 0.3) is 5.56 Å². The maximum absolute atomic E-state index is 13.2. The van der Waals surface area contributed by atoms with E-state index in [1.54, 1.807) is 7.05 Å². The second kappa shape index (κ2) is 10.5. The fourth-order valence-electron chi connectivity index (χ4n) is 4.94. The molecule has 7 nitrogen and oxygen atoms in total. The molecule has 0 spiro atoms. The summed E-state index contributed by atoms with van der Waals surface area (Å²) in [4.78, 5) is 33.0. The Balaban J connectivity index is 1.74. The van der Waals surface area contributed by atoms with Gasteiger partial charge in [0.2, 0.25) is 5.95 Å². The lowest BCUT2D eigenvalue weighted by Crippen LogP contribution is -2.37. The summed E-state index contributed by atoms with van der Waals surface area (Å²) in [5.41, 5.74) is 4.12. The van der Waals surface area contributed by atoms with Crippen molar-refractivity contribution in [1.29, 1.82) is 0 Å². The highest BCUT2D eigenvalue weighted by molar-refractivity contribution is 5.75. The van der Waals surface area contributed by atoms with Crippen LogP contribution >= 0.6 is 0 Å². The molecule has 182 valence electrons. The third-order valence-corrected chi connectivity index (χ3v) is 6.90. The first-order chi connectivity index (χ1) is 16.4. The van der Waals surface area contributed by atoms with E-state index in [4.69, 9.17) is 4.98 Å². The summed E-state index contributed by atoms with van der Waals surface area (Å²) in [6, 6.07) is 8.33. The number of nitrogens with zero attached hydrogens (tertiary/aromatic N) is 5. The van der Waals surface area contributed by atoms with E-state index in [9.17, 15) is 9.59 Å². The van der Waals surface area contributed by atoms with E-state index in [-0.39, 0.29) is 11.2 Å². The van der Waals surface area contributed by atoms with E-state index in [0.29, 0.717) is 17.7 Å². The van der Waals surface area contributed by atoms with Gasteiger partial charge in [-0.3, -0.25) is 18.5 Å². The van der Waals surface area contributed by atoms with E-state index in [1.165, 1.54) is 46.6 Å². The minimum atomic E-state index is -0.350. The SMILES string of the molecule is CCCCC/C=C1\CCCN(c2nc3c(c(=O)n(C)c(=O)n3C)n2Cc2cccc(C)c2)CC1. The fraction of sp³-hybridized carbons (Fsp3) is 0.519. The van der Waals surface area contributed by atoms with Crippen molar-refractivity contribution in [3.05, 3.63) is 67.9 Å². The molecule has 0 amide bonds. The Morgan fingerprint density at radius 3 is 2.65 bits per heavy atom. The number of hydrogen-bond donors (Lipinski definition) is 0. The number of fused-ring (bicyclic) bond motifs is 1. The number of unbranched alkanes of at least 4 members (excludes halogenated alkanes) is 3. The van der Waals surface area contributed by atoms with Gasteiger partial charge >= 0.3 is 5.69 Å². The molecule has 1 aliphatic rings. The van der Waals surface area contributed by atoms with Gasteiger partial charge in [0.05, 0.1) is 6.54 Å². The molecule has 1 aromatic carbocycles. The van der Waals surface area contributed by atoms with Crippen LogP contribution in [0.3, 0.4) is 0 Å². The van der Waals surface area contributed by atoms with Crippen LogP contribution < -0.4 is 16.1 Å². The zero-order valence-electron chi connectivity index (χ0n) is 21.0. The van der Waals surface area contributed by atoms with Crippen molar-refractivity contribution in [2.24, 2.45) is 14.1 Å². The van der Waals surface area contributed by atoms with Gasteiger partial charge in [0.15, 0.2) is 11.2 Å². The lowest BCUT2D eigenvalue weighted by atomic mass is 10.1. The second-order valence-electron chi connectivity index (χ2n) is 9.56. The number of benzene rings is 1. The van der Waals surface area contributed by atoms with Crippen LogP contribution in [0.15, 0.2) is 45.5 Å². The highest BCUT2D eigenvalue weighted by atomic mass is 16.2. The van der Waals surface area contributed by atoms with Gasteiger partial charge in [0.1, 0.15) is 0 Å². The Morgan fingerprint density at radius 1 is 1.06 bits per heavy atom. The van der Waals surface area contributed by atoms with Crippen LogP contribution in [0, 0.1) is 6.92 Å². The molecule has 3 aromatic rings. The first-order valence-corrected chi connectivity index (χ1v) is 12.5. The summed E-state index contributed by atoms with van der Waals surface area (Å²) in [6.45, 7) is 6.60. The van der Waals surface area contributed by atoms with E-state index in [0.717, 1.165) is 50.3 Å². The predicted octanol–water partition coefficient (Wildman–Crippen LogP) is 4.29. The fourth-order valence-corrected chi connectivity index (χ4v) is 4.94. The molecule has 0 atom stereocenters. The lowest BCUT2D eigenvalue weighted by molar-refractivity contribution is 0.698. The first-order valence-electron chi connectivity index (χ1n) is 12.5. The third kappa shape index (κ3) is 4.88. The molecule has 7 heteroatoms. The van der Waals surface area contributed by atoms with Crippen LogP contribution in [-0.2, 0) is 20.6 Å². The molecule has 1 fully saturated rings. The van der Waals surface area contributed by atoms with Crippen LogP contribution in [0.4, 0.5) is 5.95 Å². The molecular weight excluding hydrogens is 426 g/mol. The number of rotatable bonds is 7. The molecule has 0 aliphatic carbocycles. The molecule has 3 heterocycles. The van der Waals surface area contributed by atoms with Crippen molar-refractivity contribution in [3.8, 4) is 0 Å². The van der Waals surface area contributed by atoms with Crippen molar-refractivity contribution < 1.29 is 0 Å². The second-order valence-corrected chi connectivity index (χ2v) is 9.56. The minimum absolute atomic E-state index is 0.296. The van der Waals surface area contributed by atoms with Gasteiger partial charge in [0, 0.05) is 27.2 Å². The van der Waals surface area contributed by atoms with Crippen molar-refractivity contribution in [1.82, 2.24) is 18.7 Å². The molecule has 0 N–H and O–H groups in total. The van der Waals surface area contributed by atoms with Crippen LogP contribution in [0.5, 0.6) is 0 Å². The molecule has 1 saturated heterocycles. The lowest BCUT2D eigenvalue weighted by Gasteiger charge is -2.22. The number of aryl methyl sites for hydroxylation is 2. The van der Waals surface area contributed by atoms with Crippen LogP contribution in [0.2, 0.25) is 0 Å². The maximum Gasteiger partial charge on any atom is 0.332 e. The number of aromatic nitrogens is 4. The Morgan fingerprint density at radius 2 is 1.88 bits per heavy atom. The van der Waals surface area contributed by atoms with Crippen LogP contribution in [0.25, 0.3) is 11.2 Å². The van der Waals surface area contributed by atoms with Gasteiger partial charge in [-0.15, -0.1) is 0 Å². The highest BCUT2D eigenvalue weighted by Crippen LogP contribution is 2.26. The molecule has 2 aromatic heterocycles. The van der Waals surface area contributed by atoms with Gasteiger partial charge in [-0.2, -0.15) is 4.98 Å². The summed E-state index contributed by atoms with van der Waals surface area (Å²) < 4.78 is 4.69. The van der Waals surface area contributed by atoms with E-state index >= 15 is 0 Å². The van der Waals surface area contributed by atoms with Crippen molar-refractivity contribution in [2.45, 2.75) is 65.3 Å². The third-order valence-electron chi connectivity index (χ3n) is 6.90. The first kappa shape index (κ1) is 24.0. The Hall–Kier alpha value is -3.09. The maximum atomic E-state index is 13.2. The summed E-state index contributed by atoms with van der Waals surface area (Å²) in [7, 11) is 3.23. The Kier molecular flexibility index (Phi) is 7.39. The summed E-state index contributed by atoms with van der Waals surface area (Å²) in [6.07, 6.45) is 10.6. The van der Waals surface area contributed by atoms with Gasteiger partial charge in [-0.1, -0.05) is 61.2 Å². The van der Waals surface area contributed by atoms with Crippen molar-refractivity contribution in [3.63, 3.8) is 0 Å². The Labute approximate surface area is 201 Å². The summed E-state index contributed by atoms with van der Waals surface area (Å²) >= 11 is 0. The molecule has 34 heavy (non-hydrogen) atoms. The molecule has 0 radical (unpaired) electrons. The summed E-state index contributed by atoms with van der Waals surface area (Å²) in [5.74, 6) is 0.780. The Bertz CT molecular complexity index is 1310. The van der Waals surface area contributed by atoms with Gasteiger partial charge in [-0.25, -0.2) is 4.79 Å². The molecule has 1 aliphatic heterocycles. The molecule has 4 rings (SSSR count). The predicted molar refractivity (Wildman–Crippen MR) is 139 cm³/mol. The molecule has 0 saturated carbocycles. The number of allylic oxidation sites excluding steroid dienone is 1. The smallest absolute Gasteiger partial charge is 0.332 e. The van der Waals surface area contributed by atoms with E-state index in [2.05, 4.69) is 43.0 Å². The quantitative estimate of drug-likeness (QED) is 0.387. The standard InChI is InChI=1S/C27H37N5O2/c1-5-6-7-8-12-21-14-10-16-31(17-15-21)26-28-24-23(25(33)30(4)27(34)29(24)3)32(26)19-22-13-9-11-20(2)18-22/h9,11-13,18H,5-8,10,14-17,19H2,1-4H3/b21-12+. The number of anilines is 1. The minimum Gasteiger partial charge on any atom is -0.342 e. The van der Waals surface area contributed by atoms with E-state index in [1.807, 2.05) is 10.6 Å². The average molecular weight is 464 g/mol. The zero-order chi connectivity index (χ0) is 24.2. The molecular formula is C27H37N5O2. The topological polar surface area (TPSA) is 65.1 Å². The largest absolute Gasteiger partial charge is 0.342 e. The van der Waals surface area contributed by atoms with Crippen LogP contribution in [0.1, 0.15) is 63.0 Å². The zero-order valence-corrected chi connectivity index (χ0v) is 21.0.